The fourth-order valence-electron chi connectivity index (χ4n) is 7.29. The van der Waals surface area contributed by atoms with E-state index in [1.54, 1.807) is 19.1 Å². The first-order valence-corrected chi connectivity index (χ1v) is 11.2. The van der Waals surface area contributed by atoms with Gasteiger partial charge in [-0.1, -0.05) is 32.4 Å². The molecule has 0 saturated heterocycles. The SMILES string of the molecule is CCC(=O)O[C@]1(C(=O)C(O)O)CC[C@H]2[C@@H]3CCC4=CC(=O)C=C[C@]4(C)[C@H]3CC[C@@]21C. The minimum Gasteiger partial charge on any atom is -0.450 e. The van der Waals surface area contributed by atoms with Crippen molar-refractivity contribution in [1.29, 1.82) is 0 Å². The summed E-state index contributed by atoms with van der Waals surface area (Å²) in [5.41, 5.74) is -1.09. The van der Waals surface area contributed by atoms with Crippen LogP contribution >= 0.6 is 0 Å². The van der Waals surface area contributed by atoms with Gasteiger partial charge in [-0.25, -0.2) is 0 Å². The third kappa shape index (κ3) is 2.79. The predicted octanol–water partition coefficient (Wildman–Crippen LogP) is 2.87. The molecule has 0 bridgehead atoms. The molecule has 0 aliphatic heterocycles. The summed E-state index contributed by atoms with van der Waals surface area (Å²) in [6.45, 7) is 5.88. The molecule has 6 atom stereocenters. The maximum Gasteiger partial charge on any atom is 0.306 e. The van der Waals surface area contributed by atoms with Gasteiger partial charge in [0.1, 0.15) is 0 Å². The van der Waals surface area contributed by atoms with Crippen molar-refractivity contribution in [2.75, 3.05) is 0 Å². The van der Waals surface area contributed by atoms with Gasteiger partial charge in [0, 0.05) is 17.3 Å². The van der Waals surface area contributed by atoms with Crippen molar-refractivity contribution < 1.29 is 29.3 Å². The number of allylic oxidation sites excluding steroid dienone is 4. The first-order chi connectivity index (χ1) is 14.1. The number of Topliss-reactive ketones (excluding diaryl/α,β-unsaturated/α-hetero) is 1. The van der Waals surface area contributed by atoms with Crippen LogP contribution in [-0.2, 0) is 19.1 Å². The van der Waals surface area contributed by atoms with Crippen LogP contribution in [0, 0.1) is 28.6 Å². The maximum atomic E-state index is 13.0. The van der Waals surface area contributed by atoms with Gasteiger partial charge in [0.25, 0.3) is 0 Å². The number of ketones is 2. The molecule has 0 aromatic carbocycles. The second kappa shape index (κ2) is 7.13. The number of fused-ring (bicyclic) bond motifs is 5. The lowest BCUT2D eigenvalue weighted by molar-refractivity contribution is -0.202. The second-order valence-corrected chi connectivity index (χ2v) is 9.99. The normalized spacial score (nSPS) is 42.3. The Balaban J connectivity index is 1.72. The first-order valence-electron chi connectivity index (χ1n) is 11.2. The molecule has 0 radical (unpaired) electrons. The van der Waals surface area contributed by atoms with E-state index in [-0.39, 0.29) is 23.5 Å². The van der Waals surface area contributed by atoms with Crippen molar-refractivity contribution >= 4 is 17.5 Å². The molecule has 0 heterocycles. The highest BCUT2D eigenvalue weighted by Crippen LogP contribution is 2.68. The smallest absolute Gasteiger partial charge is 0.306 e. The molecule has 0 aromatic rings. The molecule has 6 heteroatoms. The van der Waals surface area contributed by atoms with Gasteiger partial charge in [-0.05, 0) is 68.4 Å². The van der Waals surface area contributed by atoms with Gasteiger partial charge in [-0.2, -0.15) is 0 Å². The monoisotopic (exact) mass is 416 g/mol. The highest BCUT2D eigenvalue weighted by molar-refractivity contribution is 6.01. The number of aliphatic hydroxyl groups is 2. The summed E-state index contributed by atoms with van der Waals surface area (Å²) in [6.07, 6.45) is 7.82. The van der Waals surface area contributed by atoms with Gasteiger partial charge in [-0.15, -0.1) is 0 Å². The molecule has 3 fully saturated rings. The zero-order chi connectivity index (χ0) is 21.9. The predicted molar refractivity (Wildman–Crippen MR) is 109 cm³/mol. The van der Waals surface area contributed by atoms with Crippen LogP contribution < -0.4 is 0 Å². The van der Waals surface area contributed by atoms with Gasteiger partial charge in [0.2, 0.25) is 12.1 Å². The number of esters is 1. The molecule has 2 N–H and O–H groups in total. The van der Waals surface area contributed by atoms with E-state index in [1.807, 2.05) is 6.92 Å². The number of hydrogen-bond donors (Lipinski definition) is 2. The van der Waals surface area contributed by atoms with Crippen LogP contribution in [0.2, 0.25) is 0 Å². The zero-order valence-corrected chi connectivity index (χ0v) is 18.0. The van der Waals surface area contributed by atoms with E-state index in [4.69, 9.17) is 4.74 Å². The number of carbonyl (C=O) groups is 3. The molecule has 3 saturated carbocycles. The molecule has 0 amide bonds. The van der Waals surface area contributed by atoms with E-state index in [0.717, 1.165) is 19.3 Å². The Kier molecular flexibility index (Phi) is 5.09. The molecular weight excluding hydrogens is 384 g/mol. The molecule has 4 aliphatic rings. The lowest BCUT2D eigenvalue weighted by atomic mass is 9.47. The third-order valence-electron chi connectivity index (χ3n) is 8.89. The lowest BCUT2D eigenvalue weighted by Crippen LogP contribution is -2.61. The van der Waals surface area contributed by atoms with Crippen molar-refractivity contribution in [2.24, 2.45) is 28.6 Å². The number of ether oxygens (including phenoxy) is 1. The van der Waals surface area contributed by atoms with Crippen molar-refractivity contribution in [3.63, 3.8) is 0 Å². The van der Waals surface area contributed by atoms with Gasteiger partial charge >= 0.3 is 5.97 Å². The summed E-state index contributed by atoms with van der Waals surface area (Å²) in [4.78, 5) is 37.2. The standard InChI is InChI=1S/C24H32O6/c1-4-19(26)30-24(20(27)21(28)29)12-9-18-16-6-5-14-13-15(25)7-10-22(14,2)17(16)8-11-23(18,24)3/h7,10,13,16-18,21,28-29H,4-6,8-9,11-12H2,1-3H3/t16-,17+,18+,22+,23+,24+/m1/s1. The highest BCUT2D eigenvalue weighted by atomic mass is 16.6. The first kappa shape index (κ1) is 21.4. The molecule has 4 rings (SSSR count). The Morgan fingerprint density at radius 2 is 1.87 bits per heavy atom. The van der Waals surface area contributed by atoms with Crippen LogP contribution in [-0.4, -0.2) is 39.6 Å². The van der Waals surface area contributed by atoms with Gasteiger partial charge < -0.3 is 14.9 Å². The number of hydrogen-bond acceptors (Lipinski definition) is 6. The van der Waals surface area contributed by atoms with Crippen LogP contribution in [0.1, 0.15) is 65.7 Å². The van der Waals surface area contributed by atoms with E-state index in [1.165, 1.54) is 5.57 Å². The Bertz CT molecular complexity index is 841. The van der Waals surface area contributed by atoms with Crippen molar-refractivity contribution in [3.8, 4) is 0 Å². The van der Waals surface area contributed by atoms with Crippen LogP contribution in [0.4, 0.5) is 0 Å². The van der Waals surface area contributed by atoms with E-state index in [0.29, 0.717) is 31.1 Å². The average molecular weight is 417 g/mol. The van der Waals surface area contributed by atoms with Crippen LogP contribution in [0.25, 0.3) is 0 Å². The van der Waals surface area contributed by atoms with E-state index < -0.39 is 29.1 Å². The third-order valence-corrected chi connectivity index (χ3v) is 8.89. The largest absolute Gasteiger partial charge is 0.450 e. The molecule has 4 aliphatic carbocycles. The Labute approximate surface area is 177 Å². The lowest BCUT2D eigenvalue weighted by Gasteiger charge is -2.58. The molecule has 0 unspecified atom stereocenters. The zero-order valence-electron chi connectivity index (χ0n) is 18.0. The fourth-order valence-corrected chi connectivity index (χ4v) is 7.29. The summed E-state index contributed by atoms with van der Waals surface area (Å²) in [5, 5.41) is 19.5. The van der Waals surface area contributed by atoms with Crippen molar-refractivity contribution in [2.45, 2.75) is 77.6 Å². The molecular formula is C24H32O6. The quantitative estimate of drug-likeness (QED) is 0.540. The van der Waals surface area contributed by atoms with Gasteiger partial charge in [0.15, 0.2) is 11.4 Å². The van der Waals surface area contributed by atoms with Gasteiger partial charge in [0.05, 0.1) is 0 Å². The summed E-state index contributed by atoms with van der Waals surface area (Å²) in [6, 6.07) is 0. The maximum absolute atomic E-state index is 13.0. The van der Waals surface area contributed by atoms with E-state index in [9.17, 15) is 24.6 Å². The number of carbonyl (C=O) groups excluding carboxylic acids is 3. The Morgan fingerprint density at radius 3 is 2.53 bits per heavy atom. The van der Waals surface area contributed by atoms with Crippen LogP contribution in [0.5, 0.6) is 0 Å². The molecule has 164 valence electrons. The fraction of sp³-hybridized carbons (Fsp3) is 0.708. The minimum absolute atomic E-state index is 0.0514. The Morgan fingerprint density at radius 1 is 1.17 bits per heavy atom. The van der Waals surface area contributed by atoms with Crippen molar-refractivity contribution in [3.05, 3.63) is 23.8 Å². The topological polar surface area (TPSA) is 101 Å². The minimum atomic E-state index is -2.16. The molecule has 0 aromatic heterocycles. The highest BCUT2D eigenvalue weighted by Gasteiger charge is 2.69. The van der Waals surface area contributed by atoms with Crippen LogP contribution in [0.15, 0.2) is 23.8 Å². The van der Waals surface area contributed by atoms with E-state index in [2.05, 4.69) is 13.0 Å². The Hall–Kier alpha value is -1.79. The molecule has 0 spiro atoms. The second-order valence-electron chi connectivity index (χ2n) is 9.99. The molecule has 6 nitrogen and oxygen atoms in total. The summed E-state index contributed by atoms with van der Waals surface area (Å²) in [5.74, 6) is -0.397. The number of aliphatic hydroxyl groups excluding tert-OH is 1. The average Bonchev–Trinajstić information content (AvgIpc) is 3.00. The summed E-state index contributed by atoms with van der Waals surface area (Å²) >= 11 is 0. The van der Waals surface area contributed by atoms with Crippen LogP contribution in [0.3, 0.4) is 0 Å². The summed E-state index contributed by atoms with van der Waals surface area (Å²) < 4.78 is 5.79. The molecule has 30 heavy (non-hydrogen) atoms. The number of rotatable bonds is 4. The summed E-state index contributed by atoms with van der Waals surface area (Å²) in [7, 11) is 0. The van der Waals surface area contributed by atoms with Gasteiger partial charge in [-0.3, -0.25) is 14.4 Å². The van der Waals surface area contributed by atoms with Crippen molar-refractivity contribution in [1.82, 2.24) is 0 Å². The van der Waals surface area contributed by atoms with E-state index >= 15 is 0 Å².